The van der Waals surface area contributed by atoms with Crippen molar-refractivity contribution in [3.63, 3.8) is 0 Å². The van der Waals surface area contributed by atoms with Gasteiger partial charge in [-0.3, -0.25) is 4.79 Å². The highest BCUT2D eigenvalue weighted by Gasteiger charge is 2.41. The van der Waals surface area contributed by atoms with E-state index in [2.05, 4.69) is 21.2 Å². The number of amides is 1. The zero-order valence-electron chi connectivity index (χ0n) is 11.3. The molecule has 0 aromatic heterocycles. The summed E-state index contributed by atoms with van der Waals surface area (Å²) in [5.74, 6) is 0.0306. The standard InChI is InChI=1S/C14H19BrN2O2/c1-7-8(2)19-9(3)13(7)14(18)17-12-5-4-10(15)6-11(12)16/h4-9,13H,16H2,1-3H3,(H,17,18). The first kappa shape index (κ1) is 14.3. The van der Waals surface area contributed by atoms with Crippen LogP contribution in [0, 0.1) is 11.8 Å². The largest absolute Gasteiger partial charge is 0.397 e. The summed E-state index contributed by atoms with van der Waals surface area (Å²) in [4.78, 5) is 12.4. The molecule has 1 aromatic carbocycles. The first-order valence-corrected chi connectivity index (χ1v) is 7.20. The summed E-state index contributed by atoms with van der Waals surface area (Å²) < 4.78 is 6.59. The van der Waals surface area contributed by atoms with Crippen molar-refractivity contribution in [2.75, 3.05) is 11.1 Å². The predicted octanol–water partition coefficient (Wildman–Crippen LogP) is 3.03. The molecule has 4 atom stereocenters. The summed E-state index contributed by atoms with van der Waals surface area (Å²) in [6.07, 6.45) is 0.0367. The van der Waals surface area contributed by atoms with E-state index in [1.54, 1.807) is 12.1 Å². The maximum absolute atomic E-state index is 12.4. The molecule has 5 heteroatoms. The quantitative estimate of drug-likeness (QED) is 0.821. The highest BCUT2D eigenvalue weighted by atomic mass is 79.9. The molecule has 4 nitrogen and oxygen atoms in total. The monoisotopic (exact) mass is 326 g/mol. The molecule has 1 amide bonds. The zero-order chi connectivity index (χ0) is 14.2. The third kappa shape index (κ3) is 2.92. The molecule has 0 spiro atoms. The van der Waals surface area contributed by atoms with Crippen LogP contribution < -0.4 is 11.1 Å². The lowest BCUT2D eigenvalue weighted by atomic mass is 9.89. The van der Waals surface area contributed by atoms with E-state index >= 15 is 0 Å². The molecule has 19 heavy (non-hydrogen) atoms. The number of rotatable bonds is 2. The Labute approximate surface area is 121 Å². The number of benzene rings is 1. The van der Waals surface area contributed by atoms with Gasteiger partial charge in [0.2, 0.25) is 5.91 Å². The van der Waals surface area contributed by atoms with E-state index in [9.17, 15) is 4.79 Å². The Morgan fingerprint density at radius 3 is 2.53 bits per heavy atom. The van der Waals surface area contributed by atoms with Gasteiger partial charge in [0.15, 0.2) is 0 Å². The van der Waals surface area contributed by atoms with E-state index in [1.165, 1.54) is 0 Å². The number of hydrogen-bond acceptors (Lipinski definition) is 3. The summed E-state index contributed by atoms with van der Waals surface area (Å²) >= 11 is 3.34. The molecule has 1 fully saturated rings. The molecule has 2 rings (SSSR count). The van der Waals surface area contributed by atoms with Gasteiger partial charge in [-0.05, 0) is 38.0 Å². The van der Waals surface area contributed by atoms with Crippen molar-refractivity contribution in [2.45, 2.75) is 33.0 Å². The molecule has 1 aliphatic heterocycles. The third-order valence-electron chi connectivity index (χ3n) is 3.82. The van der Waals surface area contributed by atoms with Gasteiger partial charge in [0.25, 0.3) is 0 Å². The first-order valence-electron chi connectivity index (χ1n) is 6.41. The van der Waals surface area contributed by atoms with Crippen molar-refractivity contribution in [1.29, 1.82) is 0 Å². The predicted molar refractivity (Wildman–Crippen MR) is 79.8 cm³/mol. The molecular weight excluding hydrogens is 308 g/mol. The average Bonchev–Trinajstić information content (AvgIpc) is 2.57. The number of nitrogens with two attached hydrogens (primary N) is 1. The van der Waals surface area contributed by atoms with Crippen molar-refractivity contribution in [1.82, 2.24) is 0 Å². The van der Waals surface area contributed by atoms with Gasteiger partial charge in [-0.15, -0.1) is 0 Å². The molecule has 104 valence electrons. The second-order valence-corrected chi connectivity index (χ2v) is 6.07. The van der Waals surface area contributed by atoms with Crippen molar-refractivity contribution in [2.24, 2.45) is 11.8 Å². The number of carbonyl (C=O) groups is 1. The highest BCUT2D eigenvalue weighted by Crippen LogP contribution is 2.33. The van der Waals surface area contributed by atoms with Gasteiger partial charge in [-0.2, -0.15) is 0 Å². The Bertz CT molecular complexity index is 492. The number of carbonyl (C=O) groups excluding carboxylic acids is 1. The van der Waals surface area contributed by atoms with Crippen LogP contribution in [0.15, 0.2) is 22.7 Å². The van der Waals surface area contributed by atoms with E-state index in [-0.39, 0.29) is 30.0 Å². The van der Waals surface area contributed by atoms with E-state index in [1.807, 2.05) is 26.8 Å². The van der Waals surface area contributed by atoms with Crippen LogP contribution in [0.25, 0.3) is 0 Å². The Morgan fingerprint density at radius 2 is 2.00 bits per heavy atom. The summed E-state index contributed by atoms with van der Waals surface area (Å²) in [5, 5.41) is 2.90. The molecule has 0 bridgehead atoms. The average molecular weight is 327 g/mol. The SMILES string of the molecule is CC1OC(C)C(C(=O)Nc2ccc(Br)cc2N)C1C. The van der Waals surface area contributed by atoms with Crippen LogP contribution >= 0.6 is 15.9 Å². The van der Waals surface area contributed by atoms with Crippen molar-refractivity contribution in [3.8, 4) is 0 Å². The van der Waals surface area contributed by atoms with Crippen LogP contribution in [0.4, 0.5) is 11.4 Å². The molecule has 3 N–H and O–H groups in total. The number of halogens is 1. The lowest BCUT2D eigenvalue weighted by Gasteiger charge is -2.18. The fourth-order valence-electron chi connectivity index (χ4n) is 2.58. The molecule has 0 saturated carbocycles. The van der Waals surface area contributed by atoms with Crippen LogP contribution in [0.2, 0.25) is 0 Å². The topological polar surface area (TPSA) is 64.3 Å². The molecule has 0 aliphatic carbocycles. The lowest BCUT2D eigenvalue weighted by molar-refractivity contribution is -0.121. The molecule has 1 aromatic rings. The van der Waals surface area contributed by atoms with Crippen molar-refractivity contribution >= 4 is 33.2 Å². The normalized spacial score (nSPS) is 30.3. The van der Waals surface area contributed by atoms with Gasteiger partial charge in [0.05, 0.1) is 29.5 Å². The Morgan fingerprint density at radius 1 is 1.32 bits per heavy atom. The van der Waals surface area contributed by atoms with E-state index in [4.69, 9.17) is 10.5 Å². The Hall–Kier alpha value is -1.07. The molecule has 1 aliphatic rings. The molecule has 1 saturated heterocycles. The lowest BCUT2D eigenvalue weighted by Crippen LogP contribution is -2.32. The number of hydrogen-bond donors (Lipinski definition) is 2. The van der Waals surface area contributed by atoms with E-state index in [0.717, 1.165) is 4.47 Å². The van der Waals surface area contributed by atoms with Gasteiger partial charge in [-0.1, -0.05) is 22.9 Å². The third-order valence-corrected chi connectivity index (χ3v) is 4.31. The summed E-state index contributed by atoms with van der Waals surface area (Å²) in [5.41, 5.74) is 7.09. The highest BCUT2D eigenvalue weighted by molar-refractivity contribution is 9.10. The fourth-order valence-corrected chi connectivity index (χ4v) is 2.96. The minimum absolute atomic E-state index is 0.0293. The molecule has 0 radical (unpaired) electrons. The molecular formula is C14H19BrN2O2. The van der Waals surface area contributed by atoms with Gasteiger partial charge in [-0.25, -0.2) is 0 Å². The summed E-state index contributed by atoms with van der Waals surface area (Å²) in [6, 6.07) is 5.43. The maximum atomic E-state index is 12.4. The Kier molecular flexibility index (Phi) is 4.16. The second-order valence-electron chi connectivity index (χ2n) is 5.15. The van der Waals surface area contributed by atoms with Crippen LogP contribution in [0.1, 0.15) is 20.8 Å². The number of nitrogen functional groups attached to an aromatic ring is 1. The summed E-state index contributed by atoms with van der Waals surface area (Å²) in [6.45, 7) is 5.99. The van der Waals surface area contributed by atoms with Crippen LogP contribution in [0.3, 0.4) is 0 Å². The van der Waals surface area contributed by atoms with E-state index in [0.29, 0.717) is 11.4 Å². The minimum Gasteiger partial charge on any atom is -0.397 e. The summed E-state index contributed by atoms with van der Waals surface area (Å²) in [7, 11) is 0. The smallest absolute Gasteiger partial charge is 0.230 e. The first-order chi connectivity index (χ1) is 8.90. The van der Waals surface area contributed by atoms with Gasteiger partial charge in [0.1, 0.15) is 0 Å². The molecule has 1 heterocycles. The van der Waals surface area contributed by atoms with Gasteiger partial charge in [0, 0.05) is 4.47 Å². The van der Waals surface area contributed by atoms with Crippen molar-refractivity contribution in [3.05, 3.63) is 22.7 Å². The number of ether oxygens (including phenoxy) is 1. The van der Waals surface area contributed by atoms with Crippen LogP contribution in [0.5, 0.6) is 0 Å². The fraction of sp³-hybridized carbons (Fsp3) is 0.500. The zero-order valence-corrected chi connectivity index (χ0v) is 12.9. The minimum atomic E-state index is -0.141. The van der Waals surface area contributed by atoms with Gasteiger partial charge < -0.3 is 15.8 Å². The maximum Gasteiger partial charge on any atom is 0.230 e. The van der Waals surface area contributed by atoms with E-state index < -0.39 is 0 Å². The van der Waals surface area contributed by atoms with Crippen molar-refractivity contribution < 1.29 is 9.53 Å². The second kappa shape index (κ2) is 5.51. The van der Waals surface area contributed by atoms with Crippen LogP contribution in [-0.4, -0.2) is 18.1 Å². The number of anilines is 2. The molecule has 4 unspecified atom stereocenters. The number of nitrogens with one attached hydrogen (secondary N) is 1. The van der Waals surface area contributed by atoms with Crippen LogP contribution in [-0.2, 0) is 9.53 Å². The Balaban J connectivity index is 2.13. The van der Waals surface area contributed by atoms with Gasteiger partial charge >= 0.3 is 0 Å².